The molecule has 1 unspecified atom stereocenters. The molecular formula is C107H125F15N16O6S2. The molecule has 0 radical (unpaired) electrons. The summed E-state index contributed by atoms with van der Waals surface area (Å²) in [6.07, 6.45) is 6.19. The lowest BCUT2D eigenvalue weighted by Gasteiger charge is -2.44. The van der Waals surface area contributed by atoms with Crippen LogP contribution in [-0.4, -0.2) is 265 Å². The number of fused-ring (bicyclic) bond motifs is 12. The van der Waals surface area contributed by atoms with E-state index in [2.05, 4.69) is 57.9 Å². The molecule has 786 valence electrons. The average molecular weight is 2080 g/mol. The number of H-pyrrole nitrogens is 4. The number of hydrogen-bond acceptors (Lipinski definition) is 15. The highest BCUT2D eigenvalue weighted by atomic mass is 32.2. The third-order valence-electron chi connectivity index (χ3n) is 29.6. The quantitative estimate of drug-likeness (QED) is 0.0184. The van der Waals surface area contributed by atoms with Crippen molar-refractivity contribution in [2.24, 2.45) is 5.41 Å². The van der Waals surface area contributed by atoms with Crippen molar-refractivity contribution >= 4 is 92.4 Å². The second-order valence-corrected chi connectivity index (χ2v) is 45.1. The monoisotopic (exact) mass is 2080 g/mol. The molecule has 9 atom stereocenters. The van der Waals surface area contributed by atoms with Gasteiger partial charge in [0.05, 0.1) is 86.3 Å². The van der Waals surface area contributed by atoms with Gasteiger partial charge in [-0.2, -0.15) is 8.61 Å². The van der Waals surface area contributed by atoms with Gasteiger partial charge in [0.15, 0.2) is 0 Å². The van der Waals surface area contributed by atoms with Gasteiger partial charge in [-0.3, -0.25) is 47.4 Å². The minimum Gasteiger partial charge on any atom is -0.481 e. The Morgan fingerprint density at radius 1 is 0.397 bits per heavy atom. The van der Waals surface area contributed by atoms with Gasteiger partial charge >= 0.3 is 5.97 Å². The number of likely N-dealkylation sites (tertiary alicyclic amines) is 4. The number of sulfonamides is 2. The van der Waals surface area contributed by atoms with Crippen LogP contribution >= 0.6 is 0 Å². The normalized spacial score (nSPS) is 21.5. The summed E-state index contributed by atoms with van der Waals surface area (Å²) >= 11 is 0. The summed E-state index contributed by atoms with van der Waals surface area (Å²) in [4.78, 5) is 37.1. The second kappa shape index (κ2) is 43.7. The minimum atomic E-state index is -3.87. The van der Waals surface area contributed by atoms with E-state index in [1.54, 1.807) is 38.7 Å². The van der Waals surface area contributed by atoms with Gasteiger partial charge in [0.1, 0.15) is 70.2 Å². The molecule has 22 nitrogen and oxygen atoms in total. The number of aromatic nitrogens is 4. The van der Waals surface area contributed by atoms with Gasteiger partial charge in [0.2, 0.25) is 20.0 Å². The van der Waals surface area contributed by atoms with Crippen LogP contribution < -0.4 is 21.3 Å². The number of carbonyl (C=O) groups is 1. The molecule has 0 bridgehead atoms. The van der Waals surface area contributed by atoms with Crippen molar-refractivity contribution in [2.75, 3.05) is 145 Å². The van der Waals surface area contributed by atoms with E-state index in [0.29, 0.717) is 163 Å². The second-order valence-electron chi connectivity index (χ2n) is 41.3. The molecule has 0 aliphatic carbocycles. The number of anilines is 4. The van der Waals surface area contributed by atoms with Crippen molar-refractivity contribution in [2.45, 2.75) is 192 Å². The Balaban J connectivity index is 0.000000133. The molecule has 8 aromatic carbocycles. The van der Waals surface area contributed by atoms with Gasteiger partial charge in [0, 0.05) is 221 Å². The standard InChI is InChI=1S/C30H38F2N4O2.C27H31F5N4.2C25H28F4N4O2S/c1-5-6-11-35-15-20(16-35)33-19-13-23(31)26(24(32)14-19)28-27-22(21-9-7-8-10-25(21)34-27)12-18(2)36(28)17-30(3,4)29(37)38;1-15(29)12-36-16(2)8-21-20-9-17(30)4-5-24(20)34-26(21)27(36)25-22(31)10-18(11-23(25)32)33-19-13-35(14-19)7-3-6-28;2*1-14-8-19-18-9-15(27)4-5-22(18)31-24(19)25(33(14)36(2,34)35)23-20(28)10-16(11-21(23)29)30-17-12-32(13-17)7-3-6-26/h7-10,13-14,18,20,28,33-34H,5-6,11-12,15-17H2,1-4H3,(H,37,38);4-5,9-11,15-16,19,27,33-34H,3,6-8,12-14H2,1-2H3;2*4-5,9-11,14,17,25,30-31H,3,6-8,12-13H2,1-2H3/t18-,28-;15?,16-,27-;2*14-,25-/m1110/s1. The average Bonchev–Trinajstić information content (AvgIpc) is 1.64. The number of nitrogens with one attached hydrogen (secondary N) is 8. The van der Waals surface area contributed by atoms with E-state index in [1.807, 2.05) is 52.8 Å². The van der Waals surface area contributed by atoms with Crippen molar-refractivity contribution in [3.63, 3.8) is 0 Å². The molecule has 20 rings (SSSR count). The summed E-state index contributed by atoms with van der Waals surface area (Å²) in [6.45, 7) is 21.8. The molecule has 9 N–H and O–H groups in total. The van der Waals surface area contributed by atoms with Gasteiger partial charge < -0.3 is 46.3 Å². The molecule has 0 amide bonds. The predicted molar refractivity (Wildman–Crippen MR) is 539 cm³/mol. The van der Waals surface area contributed by atoms with Crippen LogP contribution in [-0.2, 0) is 50.5 Å². The lowest BCUT2D eigenvalue weighted by molar-refractivity contribution is -0.148. The fraction of sp³-hybridized carbons (Fsp3) is 0.467. The Morgan fingerprint density at radius 3 is 0.973 bits per heavy atom. The Morgan fingerprint density at radius 2 is 0.671 bits per heavy atom. The fourth-order valence-electron chi connectivity index (χ4n) is 22.8. The zero-order valence-electron chi connectivity index (χ0n) is 83.1. The number of aromatic amines is 4. The predicted octanol–water partition coefficient (Wildman–Crippen LogP) is 20.2. The largest absolute Gasteiger partial charge is 0.481 e. The minimum absolute atomic E-state index is 0.00463. The van der Waals surface area contributed by atoms with Gasteiger partial charge in [-0.1, -0.05) is 31.5 Å². The molecule has 39 heteroatoms. The number of para-hydroxylation sites is 1. The third kappa shape index (κ3) is 22.4. The molecule has 8 aliphatic rings. The van der Waals surface area contributed by atoms with Gasteiger partial charge in [-0.05, 0) is 238 Å². The molecule has 4 aromatic heterocycles. The summed E-state index contributed by atoms with van der Waals surface area (Å²) in [7, 11) is -7.75. The Bertz CT molecular complexity index is 6720. The molecule has 8 aliphatic heterocycles. The van der Waals surface area contributed by atoms with Crippen molar-refractivity contribution < 1.29 is 92.6 Å². The maximum atomic E-state index is 15.9. The molecule has 12 heterocycles. The molecule has 0 saturated carbocycles. The molecule has 0 spiro atoms. The van der Waals surface area contributed by atoms with Crippen LogP contribution in [0, 0.1) is 69.4 Å². The zero-order chi connectivity index (χ0) is 104. The number of halogens is 15. The van der Waals surface area contributed by atoms with Gasteiger partial charge in [-0.15, -0.1) is 0 Å². The zero-order valence-corrected chi connectivity index (χ0v) is 84.7. The lowest BCUT2D eigenvalue weighted by atomic mass is 9.84. The number of carboxylic acid groups (broad SMARTS) is 1. The number of rotatable bonds is 31. The number of benzene rings is 8. The lowest BCUT2D eigenvalue weighted by Crippen LogP contribution is -2.54. The van der Waals surface area contributed by atoms with E-state index < -0.39 is 132 Å². The Kier molecular flexibility index (Phi) is 31.9. The summed E-state index contributed by atoms with van der Waals surface area (Å²) in [6, 6.07) is 25.0. The summed E-state index contributed by atoms with van der Waals surface area (Å²) in [5, 5.41) is 25.3. The van der Waals surface area contributed by atoms with Crippen molar-refractivity contribution in [1.29, 1.82) is 0 Å². The third-order valence-corrected chi connectivity index (χ3v) is 32.2. The molecule has 146 heavy (non-hydrogen) atoms. The van der Waals surface area contributed by atoms with Crippen LogP contribution in [0.2, 0.25) is 0 Å². The first-order valence-corrected chi connectivity index (χ1v) is 53.6. The molecular weight excluding hydrogens is 1950 g/mol. The molecule has 4 fully saturated rings. The van der Waals surface area contributed by atoms with E-state index >= 15 is 35.1 Å². The topological polar surface area (TPSA) is 243 Å². The first-order valence-electron chi connectivity index (χ1n) is 49.9. The number of alkyl halides is 4. The number of nitrogens with zero attached hydrogens (tertiary/aromatic N) is 8. The maximum Gasteiger partial charge on any atom is 0.310 e. The fourth-order valence-corrected chi connectivity index (χ4v) is 25.4. The van der Waals surface area contributed by atoms with Gasteiger partial charge in [0.25, 0.3) is 0 Å². The highest BCUT2D eigenvalue weighted by Crippen LogP contribution is 2.51. The summed E-state index contributed by atoms with van der Waals surface area (Å²) < 4.78 is 272. The van der Waals surface area contributed by atoms with Crippen LogP contribution in [0.15, 0.2) is 127 Å². The van der Waals surface area contributed by atoms with Crippen LogP contribution in [0.25, 0.3) is 43.6 Å². The van der Waals surface area contributed by atoms with Crippen LogP contribution in [0.3, 0.4) is 0 Å². The summed E-state index contributed by atoms with van der Waals surface area (Å²) in [5.74, 6) is -8.46. The van der Waals surface area contributed by atoms with E-state index in [1.165, 1.54) is 104 Å². The summed E-state index contributed by atoms with van der Waals surface area (Å²) in [5.41, 5.74) is 6.99. The van der Waals surface area contributed by atoms with E-state index in [-0.39, 0.29) is 122 Å². The highest BCUT2D eigenvalue weighted by Gasteiger charge is 2.49. The number of hydrogen-bond donors (Lipinski definition) is 9. The molecule has 4 saturated heterocycles. The van der Waals surface area contributed by atoms with Crippen LogP contribution in [0.5, 0.6) is 0 Å². The van der Waals surface area contributed by atoms with Crippen molar-refractivity contribution in [3.8, 4) is 0 Å². The highest BCUT2D eigenvalue weighted by molar-refractivity contribution is 7.88. The number of carboxylic acids is 1. The number of unbranched alkanes of at least 4 members (excludes halogenated alkanes) is 1. The maximum absolute atomic E-state index is 15.9. The van der Waals surface area contributed by atoms with E-state index in [4.69, 9.17) is 0 Å². The van der Waals surface area contributed by atoms with Crippen molar-refractivity contribution in [3.05, 3.63) is 259 Å². The number of aliphatic carboxylic acids is 1. The van der Waals surface area contributed by atoms with Gasteiger partial charge in [-0.25, -0.2) is 69.5 Å². The smallest absolute Gasteiger partial charge is 0.310 e. The SMILES string of the molecule is CC(F)CN1[C@H](c2c(F)cc(NC3CN(CCCF)C3)cc2F)c2[nH]c3ccc(F)cc3c2C[C@H]1C.CCCCN1CC(Nc2cc(F)c([C@@H]3c4[nH]c5ccccc5c4C[C@@H](C)N3CC(C)(C)C(=O)O)c(F)c2)C1.C[C@@H]1Cc2c([nH]c3ccc(F)cc23)[C@@H](c2c(F)cc(NC3CN(CCCF)C3)cc2F)N1S(C)(=O)=O.C[C@H]1Cc2c([nH]c3ccc(F)cc23)[C@H](c2c(F)cc(NC3CN(CCCF)C3)cc2F)N1S(C)(=O)=O. The van der Waals surface area contributed by atoms with Crippen molar-refractivity contribution in [1.82, 2.24) is 57.9 Å². The Hall–Kier alpha value is -10.9. The van der Waals surface area contributed by atoms with Crippen LogP contribution in [0.4, 0.5) is 88.6 Å². The first kappa shape index (κ1) is 106. The Labute approximate surface area is 839 Å². The van der Waals surface area contributed by atoms with E-state index in [9.17, 15) is 57.5 Å². The van der Waals surface area contributed by atoms with E-state index in [0.717, 1.165) is 81.3 Å². The molecule has 12 aromatic rings. The van der Waals surface area contributed by atoms with Crippen LogP contribution in [0.1, 0.15) is 179 Å². The first-order chi connectivity index (χ1) is 69.5.